The van der Waals surface area contributed by atoms with Gasteiger partial charge in [-0.25, -0.2) is 19.3 Å². The van der Waals surface area contributed by atoms with Crippen LogP contribution in [0.3, 0.4) is 0 Å². The van der Waals surface area contributed by atoms with Crippen molar-refractivity contribution in [3.05, 3.63) is 75.8 Å². The van der Waals surface area contributed by atoms with Gasteiger partial charge in [0, 0.05) is 41.6 Å². The Morgan fingerprint density at radius 2 is 1.91 bits per heavy atom. The van der Waals surface area contributed by atoms with Crippen molar-refractivity contribution >= 4 is 22.4 Å². The highest BCUT2D eigenvalue weighted by Gasteiger charge is 2.21. The summed E-state index contributed by atoms with van der Waals surface area (Å²) in [6.07, 6.45) is 2.69. The largest absolute Gasteiger partial charge is 0.340 e. The van der Waals surface area contributed by atoms with Crippen LogP contribution >= 0.6 is 0 Å². The number of rotatable bonds is 4. The minimum atomic E-state index is -0.0990. The lowest BCUT2D eigenvalue weighted by atomic mass is 9.92. The van der Waals surface area contributed by atoms with Gasteiger partial charge in [0.25, 0.3) is 5.56 Å². The molecule has 1 aliphatic heterocycles. The summed E-state index contributed by atoms with van der Waals surface area (Å²) in [7, 11) is 0. The Balaban J connectivity index is 1.63. The normalized spacial score (nSPS) is 13.9. The van der Waals surface area contributed by atoms with Gasteiger partial charge in [0.1, 0.15) is 5.82 Å². The topological polar surface area (TPSA) is 76.8 Å². The highest BCUT2D eigenvalue weighted by molar-refractivity contribution is 5.82. The van der Waals surface area contributed by atoms with E-state index in [1.54, 1.807) is 10.9 Å². The summed E-state index contributed by atoms with van der Waals surface area (Å²) >= 11 is 0. The fraction of sp³-hybridized carbons (Fsp3) is 0.370. The van der Waals surface area contributed by atoms with Crippen molar-refractivity contribution in [3.8, 4) is 5.82 Å². The van der Waals surface area contributed by atoms with Gasteiger partial charge in [0.2, 0.25) is 0 Å². The molecule has 0 bridgehead atoms. The fourth-order valence-electron chi connectivity index (χ4n) is 4.54. The number of nitrogens with one attached hydrogen (secondary N) is 2. The third-order valence-electron chi connectivity index (χ3n) is 6.34. The Morgan fingerprint density at radius 3 is 2.68 bits per heavy atom. The van der Waals surface area contributed by atoms with Crippen molar-refractivity contribution in [2.45, 2.75) is 59.0 Å². The van der Waals surface area contributed by atoms with Crippen LogP contribution in [0.5, 0.6) is 0 Å². The number of fused-ring (bicyclic) bond motifs is 2. The maximum atomic E-state index is 13.3. The zero-order valence-corrected chi connectivity index (χ0v) is 20.5. The molecule has 0 amide bonds. The lowest BCUT2D eigenvalue weighted by Gasteiger charge is -2.20. The van der Waals surface area contributed by atoms with Crippen molar-refractivity contribution in [1.82, 2.24) is 24.6 Å². The molecule has 1 aromatic carbocycles. The van der Waals surface area contributed by atoms with Crippen molar-refractivity contribution < 1.29 is 0 Å². The van der Waals surface area contributed by atoms with E-state index in [1.165, 1.54) is 11.1 Å². The smallest absolute Gasteiger partial charge is 0.276 e. The Hall–Kier alpha value is -3.45. The molecule has 0 atom stereocenters. The van der Waals surface area contributed by atoms with Crippen molar-refractivity contribution in [1.29, 1.82) is 0 Å². The second-order valence-corrected chi connectivity index (χ2v) is 10.3. The summed E-state index contributed by atoms with van der Waals surface area (Å²) in [5, 5.41) is 7.43. The minimum Gasteiger partial charge on any atom is -0.340 e. The van der Waals surface area contributed by atoms with Crippen LogP contribution in [0.1, 0.15) is 57.5 Å². The van der Waals surface area contributed by atoms with E-state index < -0.39 is 0 Å². The van der Waals surface area contributed by atoms with E-state index in [9.17, 15) is 4.79 Å². The molecule has 1 aliphatic rings. The maximum absolute atomic E-state index is 13.3. The predicted molar refractivity (Wildman–Crippen MR) is 137 cm³/mol. The first kappa shape index (κ1) is 22.3. The van der Waals surface area contributed by atoms with Crippen LogP contribution in [0, 0.1) is 0 Å². The lowest BCUT2D eigenvalue weighted by molar-refractivity contribution is 0.470. The monoisotopic (exact) mass is 456 g/mol. The molecule has 2 N–H and O–H groups in total. The van der Waals surface area contributed by atoms with Gasteiger partial charge in [-0.05, 0) is 62.2 Å². The number of hydrogen-bond acceptors (Lipinski definition) is 5. The first-order valence-electron chi connectivity index (χ1n) is 11.9. The molecule has 0 spiro atoms. The highest BCUT2D eigenvalue weighted by atomic mass is 16.1. The molecular weight excluding hydrogens is 424 g/mol. The first-order valence-corrected chi connectivity index (χ1v) is 11.9. The van der Waals surface area contributed by atoms with Crippen LogP contribution in [0.4, 0.5) is 11.5 Å². The van der Waals surface area contributed by atoms with Crippen molar-refractivity contribution in [2.24, 2.45) is 0 Å². The maximum Gasteiger partial charge on any atom is 0.276 e. The summed E-state index contributed by atoms with van der Waals surface area (Å²) in [5.41, 5.74) is 5.30. The quantitative estimate of drug-likeness (QED) is 0.459. The lowest BCUT2D eigenvalue weighted by Crippen LogP contribution is -2.25. The predicted octanol–water partition coefficient (Wildman–Crippen LogP) is 4.85. The zero-order valence-electron chi connectivity index (χ0n) is 20.5. The van der Waals surface area contributed by atoms with Gasteiger partial charge in [0.05, 0.1) is 10.9 Å². The van der Waals surface area contributed by atoms with Gasteiger partial charge in [-0.1, -0.05) is 32.9 Å². The molecule has 176 valence electrons. The van der Waals surface area contributed by atoms with Crippen LogP contribution in [-0.2, 0) is 18.4 Å². The second kappa shape index (κ2) is 8.40. The number of nitrogens with zero attached hydrogens (tertiary/aromatic N) is 4. The molecule has 3 aromatic heterocycles. The van der Waals surface area contributed by atoms with E-state index >= 15 is 0 Å². The Kier molecular flexibility index (Phi) is 5.52. The summed E-state index contributed by atoms with van der Waals surface area (Å²) in [6, 6.07) is 14.3. The summed E-state index contributed by atoms with van der Waals surface area (Å²) in [6.45, 7) is 12.4. The molecule has 0 saturated heterocycles. The molecule has 0 saturated carbocycles. The number of benzene rings is 1. The second-order valence-electron chi connectivity index (χ2n) is 10.3. The van der Waals surface area contributed by atoms with Crippen LogP contribution in [0.2, 0.25) is 0 Å². The molecule has 34 heavy (non-hydrogen) atoms. The van der Waals surface area contributed by atoms with Gasteiger partial charge >= 0.3 is 0 Å². The first-order chi connectivity index (χ1) is 16.2. The van der Waals surface area contributed by atoms with Crippen LogP contribution in [0.25, 0.3) is 16.7 Å². The molecule has 4 aromatic rings. The summed E-state index contributed by atoms with van der Waals surface area (Å²) in [5.74, 6) is 1.43. The van der Waals surface area contributed by atoms with E-state index in [4.69, 9.17) is 4.98 Å². The van der Waals surface area contributed by atoms with Gasteiger partial charge < -0.3 is 10.6 Å². The van der Waals surface area contributed by atoms with Crippen LogP contribution in [0.15, 0.2) is 53.5 Å². The molecule has 0 aliphatic carbocycles. The fourth-order valence-corrected chi connectivity index (χ4v) is 4.54. The van der Waals surface area contributed by atoms with E-state index in [-0.39, 0.29) is 17.0 Å². The van der Waals surface area contributed by atoms with Crippen molar-refractivity contribution in [3.63, 3.8) is 0 Å². The summed E-state index contributed by atoms with van der Waals surface area (Å²) < 4.78 is 3.69. The minimum absolute atomic E-state index is 0.0364. The van der Waals surface area contributed by atoms with Gasteiger partial charge in [0.15, 0.2) is 5.82 Å². The summed E-state index contributed by atoms with van der Waals surface area (Å²) in [4.78, 5) is 22.8. The van der Waals surface area contributed by atoms with Crippen LogP contribution < -0.4 is 16.2 Å². The highest BCUT2D eigenvalue weighted by Crippen LogP contribution is 2.26. The van der Waals surface area contributed by atoms with E-state index in [0.29, 0.717) is 11.2 Å². The molecular formula is C27H32N6O. The van der Waals surface area contributed by atoms with E-state index in [0.717, 1.165) is 42.2 Å². The molecule has 5 rings (SSSR count). The van der Waals surface area contributed by atoms with E-state index in [2.05, 4.69) is 54.6 Å². The molecule has 0 unspecified atom stereocenters. The average molecular weight is 457 g/mol. The number of aromatic nitrogens is 4. The molecule has 7 heteroatoms. The third kappa shape index (κ3) is 4.01. The number of pyridine rings is 2. The third-order valence-corrected chi connectivity index (χ3v) is 6.34. The van der Waals surface area contributed by atoms with Gasteiger partial charge in [-0.2, -0.15) is 0 Å². The van der Waals surface area contributed by atoms with Crippen molar-refractivity contribution in [2.75, 3.05) is 11.9 Å². The number of anilines is 2. The van der Waals surface area contributed by atoms with Gasteiger partial charge in [-0.15, -0.1) is 0 Å². The Morgan fingerprint density at radius 1 is 1.09 bits per heavy atom. The Bertz CT molecular complexity index is 1420. The zero-order chi connectivity index (χ0) is 24.0. The Labute approximate surface area is 199 Å². The van der Waals surface area contributed by atoms with Crippen LogP contribution in [-0.4, -0.2) is 25.9 Å². The van der Waals surface area contributed by atoms with E-state index in [1.807, 2.05) is 42.8 Å². The molecule has 0 fully saturated rings. The molecule has 4 heterocycles. The standard InChI is InChI=1S/C27H32N6O/c1-17(2)32-26(34)21-16-29-24(30-20-10-9-19-15-28-12-11-18(19)13-20)14-22(21)33(32)25-8-6-7-23(31-25)27(3,4)5/h6-10,13-14,16-17,28H,11-12,15H2,1-5H3,(H,29,30). The average Bonchev–Trinajstić information content (AvgIpc) is 3.10. The molecule has 0 radical (unpaired) electrons. The van der Waals surface area contributed by atoms with Gasteiger partial charge in [-0.3, -0.25) is 4.79 Å². The number of hydrogen-bond donors (Lipinski definition) is 2. The molecule has 7 nitrogen and oxygen atoms in total. The SMILES string of the molecule is CC(C)n1c(=O)c2cnc(Nc3ccc4c(c3)CCNC4)cc2n1-c1cccc(C(C)(C)C)n1.